The van der Waals surface area contributed by atoms with Gasteiger partial charge in [0.25, 0.3) is 0 Å². The minimum atomic E-state index is 0.902. The molecule has 0 fully saturated rings. The topological polar surface area (TPSA) is 16.4 Å². The van der Waals surface area contributed by atoms with Gasteiger partial charge >= 0.3 is 0 Å². The fraction of sp³-hybridized carbons (Fsp3) is 0. The van der Waals surface area contributed by atoms with Crippen LogP contribution in [0.2, 0.25) is 0 Å². The van der Waals surface area contributed by atoms with E-state index >= 15 is 0 Å². The lowest BCUT2D eigenvalue weighted by atomic mass is 9.97. The van der Waals surface area contributed by atoms with Gasteiger partial charge < -0.3 is 9.32 Å². The summed E-state index contributed by atoms with van der Waals surface area (Å²) < 4.78 is 6.41. The molecule has 0 aliphatic carbocycles. The molecule has 0 spiro atoms. The fourth-order valence-corrected chi connectivity index (χ4v) is 7.63. The summed E-state index contributed by atoms with van der Waals surface area (Å²) in [4.78, 5) is 2.40. The van der Waals surface area contributed by atoms with Gasteiger partial charge in [-0.15, -0.1) is 0 Å². The number of rotatable bonds is 5. The maximum Gasteiger partial charge on any atom is 0.136 e. The average Bonchev–Trinajstić information content (AvgIpc) is 3.55. The second-order valence-corrected chi connectivity index (χ2v) is 12.9. The van der Waals surface area contributed by atoms with Crippen LogP contribution in [0.25, 0.3) is 76.5 Å². The molecule has 10 rings (SSSR count). The molecule has 2 nitrogen and oxygen atoms in total. The average molecular weight is 638 g/mol. The lowest BCUT2D eigenvalue weighted by molar-refractivity contribution is 0.669. The van der Waals surface area contributed by atoms with Crippen molar-refractivity contribution in [2.24, 2.45) is 0 Å². The highest BCUT2D eigenvalue weighted by atomic mass is 16.3. The summed E-state index contributed by atoms with van der Waals surface area (Å²) in [6.45, 7) is 0. The Morgan fingerprint density at radius 3 is 1.80 bits per heavy atom. The molecule has 1 aromatic heterocycles. The van der Waals surface area contributed by atoms with Crippen molar-refractivity contribution in [3.05, 3.63) is 188 Å². The van der Waals surface area contributed by atoms with Crippen molar-refractivity contribution in [3.63, 3.8) is 0 Å². The largest absolute Gasteiger partial charge is 0.456 e. The highest BCUT2D eigenvalue weighted by molar-refractivity contribution is 6.15. The van der Waals surface area contributed by atoms with Gasteiger partial charge in [-0.25, -0.2) is 0 Å². The smallest absolute Gasteiger partial charge is 0.136 e. The quantitative estimate of drug-likeness (QED) is 0.175. The molecular formula is C48H31NO. The lowest BCUT2D eigenvalue weighted by Crippen LogP contribution is -2.11. The fourth-order valence-electron chi connectivity index (χ4n) is 7.63. The molecule has 0 amide bonds. The van der Waals surface area contributed by atoms with Gasteiger partial charge in [-0.2, -0.15) is 0 Å². The van der Waals surface area contributed by atoms with E-state index in [0.717, 1.165) is 50.1 Å². The third-order valence-electron chi connectivity index (χ3n) is 10.0. The highest BCUT2D eigenvalue weighted by Crippen LogP contribution is 2.44. The Labute approximate surface area is 290 Å². The summed E-state index contributed by atoms with van der Waals surface area (Å²) in [7, 11) is 0. The third-order valence-corrected chi connectivity index (χ3v) is 10.0. The van der Waals surface area contributed by atoms with Crippen LogP contribution in [0, 0.1) is 0 Å². The van der Waals surface area contributed by atoms with E-state index in [4.69, 9.17) is 4.42 Å². The zero-order valence-electron chi connectivity index (χ0n) is 27.3. The summed E-state index contributed by atoms with van der Waals surface area (Å²) in [6, 6.07) is 67.6. The van der Waals surface area contributed by atoms with Gasteiger partial charge in [0.15, 0.2) is 0 Å². The molecule has 9 aromatic carbocycles. The first kappa shape index (κ1) is 28.4. The minimum absolute atomic E-state index is 0.902. The van der Waals surface area contributed by atoms with Gasteiger partial charge in [-0.1, -0.05) is 140 Å². The van der Waals surface area contributed by atoms with Crippen molar-refractivity contribution in [3.8, 4) is 22.3 Å². The summed E-state index contributed by atoms with van der Waals surface area (Å²) in [5.41, 5.74) is 9.81. The highest BCUT2D eigenvalue weighted by Gasteiger charge is 2.19. The minimum Gasteiger partial charge on any atom is -0.456 e. The first-order chi connectivity index (χ1) is 24.8. The van der Waals surface area contributed by atoms with Crippen LogP contribution in [0.4, 0.5) is 17.1 Å². The van der Waals surface area contributed by atoms with Gasteiger partial charge in [-0.05, 0) is 97.5 Å². The molecule has 0 saturated heterocycles. The Balaban J connectivity index is 1.16. The standard InChI is InChI=1S/C48H31NO/c1-2-11-32(12-3-1)41-17-8-9-19-45(41)49(39-28-25-35-22-21-33-13-6-7-16-40(33)43(35)31-39)38-26-23-34(24-27-38)42-18-10-20-46-48(42)44-29-36-14-4-5-15-37(36)30-47(44)50-46/h1-31H. The van der Waals surface area contributed by atoms with Crippen molar-refractivity contribution in [2.45, 2.75) is 0 Å². The first-order valence-corrected chi connectivity index (χ1v) is 17.1. The van der Waals surface area contributed by atoms with E-state index in [-0.39, 0.29) is 0 Å². The van der Waals surface area contributed by atoms with Crippen LogP contribution >= 0.6 is 0 Å². The summed E-state index contributed by atoms with van der Waals surface area (Å²) in [5, 5.41) is 9.65. The van der Waals surface area contributed by atoms with Crippen molar-refractivity contribution in [1.29, 1.82) is 0 Å². The predicted molar refractivity (Wildman–Crippen MR) is 212 cm³/mol. The molecule has 2 heteroatoms. The molecule has 0 N–H and O–H groups in total. The van der Waals surface area contributed by atoms with E-state index < -0.39 is 0 Å². The molecule has 0 radical (unpaired) electrons. The lowest BCUT2D eigenvalue weighted by Gasteiger charge is -2.28. The maximum atomic E-state index is 6.41. The molecule has 10 aromatic rings. The van der Waals surface area contributed by atoms with Crippen molar-refractivity contribution in [1.82, 2.24) is 0 Å². The molecule has 50 heavy (non-hydrogen) atoms. The van der Waals surface area contributed by atoms with E-state index in [2.05, 4.69) is 193 Å². The van der Waals surface area contributed by atoms with Crippen LogP contribution in [0.3, 0.4) is 0 Å². The number of hydrogen-bond acceptors (Lipinski definition) is 2. The normalized spacial score (nSPS) is 11.6. The molecular weight excluding hydrogens is 607 g/mol. The van der Waals surface area contributed by atoms with Crippen LogP contribution in [0.5, 0.6) is 0 Å². The second kappa shape index (κ2) is 11.5. The van der Waals surface area contributed by atoms with Gasteiger partial charge in [0.2, 0.25) is 0 Å². The molecule has 0 aliphatic heterocycles. The monoisotopic (exact) mass is 637 g/mol. The summed E-state index contributed by atoms with van der Waals surface area (Å²) in [5.74, 6) is 0. The Kier molecular flexibility index (Phi) is 6.53. The predicted octanol–water partition coefficient (Wildman–Crippen LogP) is 13.8. The molecule has 0 saturated carbocycles. The summed E-state index contributed by atoms with van der Waals surface area (Å²) in [6.07, 6.45) is 0. The Bertz CT molecular complexity index is 2870. The molecule has 0 bridgehead atoms. The third kappa shape index (κ3) is 4.65. The molecule has 234 valence electrons. The molecule has 0 aliphatic rings. The van der Waals surface area contributed by atoms with E-state index in [1.807, 2.05) is 0 Å². The number of fused-ring (bicyclic) bond motifs is 7. The van der Waals surface area contributed by atoms with Gasteiger partial charge in [0, 0.05) is 27.7 Å². The van der Waals surface area contributed by atoms with Crippen molar-refractivity contribution >= 4 is 71.3 Å². The molecule has 0 atom stereocenters. The van der Waals surface area contributed by atoms with Gasteiger partial charge in [-0.3, -0.25) is 0 Å². The van der Waals surface area contributed by atoms with Crippen LogP contribution < -0.4 is 4.90 Å². The zero-order valence-corrected chi connectivity index (χ0v) is 27.3. The summed E-state index contributed by atoms with van der Waals surface area (Å²) >= 11 is 0. The van der Waals surface area contributed by atoms with E-state index in [1.165, 1.54) is 43.4 Å². The molecule has 0 unspecified atom stereocenters. The zero-order chi connectivity index (χ0) is 33.0. The number of para-hydroxylation sites is 1. The number of hydrogen-bond donors (Lipinski definition) is 0. The van der Waals surface area contributed by atoms with E-state index in [0.29, 0.717) is 0 Å². The Morgan fingerprint density at radius 2 is 0.960 bits per heavy atom. The molecule has 1 heterocycles. The Hall–Kier alpha value is -6.64. The van der Waals surface area contributed by atoms with Gasteiger partial charge in [0.05, 0.1) is 5.69 Å². The van der Waals surface area contributed by atoms with Crippen LogP contribution in [0.1, 0.15) is 0 Å². The number of anilines is 3. The first-order valence-electron chi connectivity index (χ1n) is 17.1. The van der Waals surface area contributed by atoms with Crippen LogP contribution in [0.15, 0.2) is 192 Å². The second-order valence-electron chi connectivity index (χ2n) is 12.9. The van der Waals surface area contributed by atoms with Crippen molar-refractivity contribution < 1.29 is 4.42 Å². The van der Waals surface area contributed by atoms with E-state index in [1.54, 1.807) is 0 Å². The van der Waals surface area contributed by atoms with Gasteiger partial charge in [0.1, 0.15) is 11.2 Å². The van der Waals surface area contributed by atoms with E-state index in [9.17, 15) is 0 Å². The Morgan fingerprint density at radius 1 is 0.340 bits per heavy atom. The number of benzene rings is 9. The van der Waals surface area contributed by atoms with Crippen LogP contribution in [-0.2, 0) is 0 Å². The maximum absolute atomic E-state index is 6.41. The van der Waals surface area contributed by atoms with Crippen LogP contribution in [-0.4, -0.2) is 0 Å². The van der Waals surface area contributed by atoms with Crippen molar-refractivity contribution in [2.75, 3.05) is 4.90 Å². The SMILES string of the molecule is c1ccc(-c2ccccc2N(c2ccc(-c3cccc4oc5cc6ccccc6cc5c34)cc2)c2ccc3ccc4ccccc4c3c2)cc1. The number of furan rings is 1. The number of nitrogens with zero attached hydrogens (tertiary/aromatic N) is 1.